The summed E-state index contributed by atoms with van der Waals surface area (Å²) in [5.74, 6) is -2.86. The lowest BCUT2D eigenvalue weighted by atomic mass is 10.3. The number of nitrogens with one attached hydrogen (secondary N) is 2. The normalized spacial score (nSPS) is 10.3. The van der Waals surface area contributed by atoms with Gasteiger partial charge in [-0.05, 0) is 46.3 Å². The van der Waals surface area contributed by atoms with Crippen molar-refractivity contribution < 1.29 is 18.0 Å². The van der Waals surface area contributed by atoms with Crippen molar-refractivity contribution in [3.8, 4) is 0 Å². The van der Waals surface area contributed by atoms with Crippen LogP contribution in [0.3, 0.4) is 0 Å². The Bertz CT molecular complexity index is 659. The van der Waals surface area contributed by atoms with E-state index in [1.54, 1.807) is 0 Å². The van der Waals surface area contributed by atoms with E-state index < -0.39 is 29.0 Å². The summed E-state index contributed by atoms with van der Waals surface area (Å²) >= 11 is 3.19. The van der Waals surface area contributed by atoms with Gasteiger partial charge >= 0.3 is 0 Å². The molecule has 0 aliphatic carbocycles. The molecule has 21 heavy (non-hydrogen) atoms. The lowest BCUT2D eigenvalue weighted by Gasteiger charge is -2.10. The highest BCUT2D eigenvalue weighted by molar-refractivity contribution is 9.10. The Kier molecular flexibility index (Phi) is 4.85. The van der Waals surface area contributed by atoms with E-state index in [2.05, 4.69) is 26.6 Å². The molecule has 0 radical (unpaired) electrons. The first-order valence-electron chi connectivity index (χ1n) is 5.90. The predicted molar refractivity (Wildman–Crippen MR) is 77.6 cm³/mol. The number of para-hydroxylation sites is 1. The van der Waals surface area contributed by atoms with Crippen LogP contribution in [0.5, 0.6) is 0 Å². The van der Waals surface area contributed by atoms with E-state index in [9.17, 15) is 18.0 Å². The summed E-state index contributed by atoms with van der Waals surface area (Å²) in [6, 6.07) is 7.20. The van der Waals surface area contributed by atoms with E-state index >= 15 is 0 Å². The third-order valence-corrected chi connectivity index (χ3v) is 3.29. The Labute approximate surface area is 127 Å². The molecule has 0 aliphatic heterocycles. The second kappa shape index (κ2) is 6.62. The van der Waals surface area contributed by atoms with Crippen molar-refractivity contribution in [2.24, 2.45) is 0 Å². The monoisotopic (exact) mass is 358 g/mol. The predicted octanol–water partition coefficient (Wildman–Crippen LogP) is 3.92. The molecule has 0 heterocycles. The maximum absolute atomic E-state index is 13.4. The molecule has 7 heteroatoms. The number of anilines is 2. The minimum absolute atomic E-state index is 0.268. The van der Waals surface area contributed by atoms with Crippen LogP contribution in [0.25, 0.3) is 0 Å². The molecule has 2 N–H and O–H groups in total. The van der Waals surface area contributed by atoms with E-state index in [-0.39, 0.29) is 6.54 Å². The molecule has 0 aliphatic rings. The number of benzene rings is 2. The van der Waals surface area contributed by atoms with Crippen LogP contribution in [-0.2, 0) is 4.79 Å². The van der Waals surface area contributed by atoms with Gasteiger partial charge in [-0.15, -0.1) is 0 Å². The molecule has 2 aromatic carbocycles. The summed E-state index contributed by atoms with van der Waals surface area (Å²) in [6.45, 7) is -0.268. The topological polar surface area (TPSA) is 41.1 Å². The fourth-order valence-electron chi connectivity index (χ4n) is 1.61. The van der Waals surface area contributed by atoms with Gasteiger partial charge in [0.05, 0.1) is 12.2 Å². The Hall–Kier alpha value is -2.02. The van der Waals surface area contributed by atoms with Crippen molar-refractivity contribution in [1.29, 1.82) is 0 Å². The highest BCUT2D eigenvalue weighted by Crippen LogP contribution is 2.23. The SMILES string of the molecule is O=C(CNc1cc(F)ccc1Br)Nc1c(F)cccc1F. The van der Waals surface area contributed by atoms with Gasteiger partial charge in [-0.25, -0.2) is 13.2 Å². The van der Waals surface area contributed by atoms with Crippen molar-refractivity contribution >= 4 is 33.2 Å². The third-order valence-electron chi connectivity index (χ3n) is 2.59. The van der Waals surface area contributed by atoms with Crippen LogP contribution in [0.2, 0.25) is 0 Å². The van der Waals surface area contributed by atoms with Crippen molar-refractivity contribution in [3.05, 3.63) is 58.3 Å². The van der Waals surface area contributed by atoms with Gasteiger partial charge < -0.3 is 10.6 Å². The molecule has 0 spiro atoms. The van der Waals surface area contributed by atoms with E-state index in [1.165, 1.54) is 24.3 Å². The summed E-state index contributed by atoms with van der Waals surface area (Å²) in [6.07, 6.45) is 0. The number of carbonyl (C=O) groups excluding carboxylic acids is 1. The summed E-state index contributed by atoms with van der Waals surface area (Å²) in [5.41, 5.74) is -0.151. The highest BCUT2D eigenvalue weighted by atomic mass is 79.9. The molecule has 0 atom stereocenters. The Balaban J connectivity index is 2.01. The van der Waals surface area contributed by atoms with Gasteiger partial charge in [0.15, 0.2) is 0 Å². The number of rotatable bonds is 4. The minimum Gasteiger partial charge on any atom is -0.375 e. The zero-order valence-corrected chi connectivity index (χ0v) is 12.2. The van der Waals surface area contributed by atoms with Crippen molar-refractivity contribution in [1.82, 2.24) is 0 Å². The standard InChI is InChI=1S/C14H10BrF3N2O/c15-9-5-4-8(16)6-12(9)19-7-13(21)20-14-10(17)2-1-3-11(14)18/h1-6,19H,7H2,(H,20,21). The number of hydrogen-bond acceptors (Lipinski definition) is 2. The molecule has 0 fully saturated rings. The van der Waals surface area contributed by atoms with Crippen LogP contribution >= 0.6 is 15.9 Å². The molecular weight excluding hydrogens is 349 g/mol. The Morgan fingerprint density at radius 1 is 1.10 bits per heavy atom. The molecule has 2 aromatic rings. The average Bonchev–Trinajstić information content (AvgIpc) is 2.44. The molecule has 0 aromatic heterocycles. The first-order valence-corrected chi connectivity index (χ1v) is 6.69. The highest BCUT2D eigenvalue weighted by Gasteiger charge is 2.12. The van der Waals surface area contributed by atoms with Crippen LogP contribution in [0.15, 0.2) is 40.9 Å². The maximum atomic E-state index is 13.4. The van der Waals surface area contributed by atoms with Crippen LogP contribution in [0.1, 0.15) is 0 Å². The number of halogens is 4. The van der Waals surface area contributed by atoms with Gasteiger partial charge in [0, 0.05) is 4.47 Å². The lowest BCUT2D eigenvalue weighted by molar-refractivity contribution is -0.114. The van der Waals surface area contributed by atoms with Gasteiger partial charge in [0.2, 0.25) is 5.91 Å². The zero-order chi connectivity index (χ0) is 15.4. The molecule has 0 bridgehead atoms. The molecule has 0 saturated carbocycles. The van der Waals surface area contributed by atoms with Crippen molar-refractivity contribution in [2.75, 3.05) is 17.2 Å². The molecular formula is C14H10BrF3N2O. The molecule has 110 valence electrons. The zero-order valence-electron chi connectivity index (χ0n) is 10.6. The average molecular weight is 359 g/mol. The molecule has 0 saturated heterocycles. The summed E-state index contributed by atoms with van der Waals surface area (Å²) in [7, 11) is 0. The number of amides is 1. The Morgan fingerprint density at radius 3 is 2.43 bits per heavy atom. The minimum atomic E-state index is -0.865. The van der Waals surface area contributed by atoms with Crippen LogP contribution < -0.4 is 10.6 Å². The molecule has 3 nitrogen and oxygen atoms in total. The van der Waals surface area contributed by atoms with Gasteiger partial charge in [0.1, 0.15) is 23.1 Å². The quantitative estimate of drug-likeness (QED) is 0.869. The van der Waals surface area contributed by atoms with Crippen molar-refractivity contribution in [2.45, 2.75) is 0 Å². The summed E-state index contributed by atoms with van der Waals surface area (Å²) < 4.78 is 40.3. The van der Waals surface area contributed by atoms with E-state index in [4.69, 9.17) is 0 Å². The largest absolute Gasteiger partial charge is 0.375 e. The van der Waals surface area contributed by atoms with Gasteiger partial charge in [-0.2, -0.15) is 0 Å². The fraction of sp³-hybridized carbons (Fsp3) is 0.0714. The first-order chi connectivity index (χ1) is 9.97. The maximum Gasteiger partial charge on any atom is 0.243 e. The van der Waals surface area contributed by atoms with Gasteiger partial charge in [-0.3, -0.25) is 4.79 Å². The second-order valence-corrected chi connectivity index (χ2v) is 4.98. The fourth-order valence-corrected chi connectivity index (χ4v) is 2.00. The van der Waals surface area contributed by atoms with Gasteiger partial charge in [-0.1, -0.05) is 6.07 Å². The van der Waals surface area contributed by atoms with E-state index in [1.807, 2.05) is 0 Å². The first kappa shape index (κ1) is 15.4. The summed E-state index contributed by atoms with van der Waals surface area (Å²) in [4.78, 5) is 11.7. The lowest BCUT2D eigenvalue weighted by Crippen LogP contribution is -2.23. The third kappa shape index (κ3) is 3.98. The molecule has 0 unspecified atom stereocenters. The van der Waals surface area contributed by atoms with Crippen molar-refractivity contribution in [3.63, 3.8) is 0 Å². The smallest absolute Gasteiger partial charge is 0.243 e. The van der Waals surface area contributed by atoms with Crippen LogP contribution in [0, 0.1) is 17.5 Å². The van der Waals surface area contributed by atoms with Crippen LogP contribution in [-0.4, -0.2) is 12.5 Å². The second-order valence-electron chi connectivity index (χ2n) is 4.12. The number of carbonyl (C=O) groups is 1. The van der Waals surface area contributed by atoms with E-state index in [0.29, 0.717) is 10.2 Å². The molecule has 1 amide bonds. The molecule has 2 rings (SSSR count). The number of hydrogen-bond donors (Lipinski definition) is 2. The van der Waals surface area contributed by atoms with E-state index in [0.717, 1.165) is 12.1 Å². The summed E-state index contributed by atoms with van der Waals surface area (Å²) in [5, 5.41) is 4.79. The van der Waals surface area contributed by atoms with Crippen LogP contribution in [0.4, 0.5) is 24.5 Å². The Morgan fingerprint density at radius 2 is 1.76 bits per heavy atom. The van der Waals surface area contributed by atoms with Gasteiger partial charge in [0.25, 0.3) is 0 Å².